The lowest BCUT2D eigenvalue weighted by atomic mass is 9.84. The smallest absolute Gasteiger partial charge is 0.0459 e. The molecule has 0 saturated heterocycles. The molecular formula is C13H28O2. The van der Waals surface area contributed by atoms with Crippen molar-refractivity contribution >= 4 is 0 Å². The van der Waals surface area contributed by atoms with Gasteiger partial charge in [-0.3, -0.25) is 0 Å². The van der Waals surface area contributed by atoms with Crippen LogP contribution in [0.2, 0.25) is 0 Å². The van der Waals surface area contributed by atoms with E-state index in [2.05, 4.69) is 20.8 Å². The fourth-order valence-corrected chi connectivity index (χ4v) is 2.11. The van der Waals surface area contributed by atoms with Crippen molar-refractivity contribution < 1.29 is 10.2 Å². The summed E-state index contributed by atoms with van der Waals surface area (Å²) >= 11 is 0. The van der Waals surface area contributed by atoms with E-state index in [9.17, 15) is 0 Å². The van der Waals surface area contributed by atoms with Crippen molar-refractivity contribution in [1.82, 2.24) is 0 Å². The predicted molar refractivity (Wildman–Crippen MR) is 64.7 cm³/mol. The fraction of sp³-hybridized carbons (Fsp3) is 1.00. The monoisotopic (exact) mass is 216 g/mol. The normalized spacial score (nSPS) is 17.4. The van der Waals surface area contributed by atoms with Crippen LogP contribution in [0.25, 0.3) is 0 Å². The SMILES string of the molecule is CCC(CO)CC(CC)CC(CC)CO. The largest absolute Gasteiger partial charge is 0.396 e. The van der Waals surface area contributed by atoms with E-state index in [1.807, 2.05) is 0 Å². The second kappa shape index (κ2) is 9.17. The third kappa shape index (κ3) is 6.16. The van der Waals surface area contributed by atoms with Crippen LogP contribution in [0.5, 0.6) is 0 Å². The van der Waals surface area contributed by atoms with E-state index in [4.69, 9.17) is 10.2 Å². The third-order valence-corrected chi connectivity index (χ3v) is 3.58. The second-order valence-corrected chi connectivity index (χ2v) is 4.66. The molecule has 0 aromatic heterocycles. The van der Waals surface area contributed by atoms with Gasteiger partial charge in [0.2, 0.25) is 0 Å². The van der Waals surface area contributed by atoms with E-state index < -0.39 is 0 Å². The number of aliphatic hydroxyl groups excluding tert-OH is 2. The van der Waals surface area contributed by atoms with Crippen molar-refractivity contribution in [2.24, 2.45) is 17.8 Å². The molecule has 92 valence electrons. The molecule has 0 aromatic rings. The van der Waals surface area contributed by atoms with Crippen LogP contribution >= 0.6 is 0 Å². The first-order chi connectivity index (χ1) is 7.21. The van der Waals surface area contributed by atoms with Gasteiger partial charge in [-0.25, -0.2) is 0 Å². The van der Waals surface area contributed by atoms with Gasteiger partial charge >= 0.3 is 0 Å². The van der Waals surface area contributed by atoms with Gasteiger partial charge in [0.25, 0.3) is 0 Å². The maximum absolute atomic E-state index is 9.17. The van der Waals surface area contributed by atoms with Crippen molar-refractivity contribution in [3.8, 4) is 0 Å². The average molecular weight is 216 g/mol. The van der Waals surface area contributed by atoms with Crippen LogP contribution in [0.3, 0.4) is 0 Å². The lowest BCUT2D eigenvalue weighted by Crippen LogP contribution is -2.16. The molecule has 2 atom stereocenters. The van der Waals surface area contributed by atoms with Crippen molar-refractivity contribution in [2.75, 3.05) is 13.2 Å². The van der Waals surface area contributed by atoms with E-state index in [1.54, 1.807) is 0 Å². The molecule has 0 aromatic carbocycles. The minimum atomic E-state index is 0.308. The number of aliphatic hydroxyl groups is 2. The van der Waals surface area contributed by atoms with Gasteiger partial charge in [0.1, 0.15) is 0 Å². The van der Waals surface area contributed by atoms with Gasteiger partial charge in [0, 0.05) is 13.2 Å². The highest BCUT2D eigenvalue weighted by Crippen LogP contribution is 2.25. The summed E-state index contributed by atoms with van der Waals surface area (Å²) in [5, 5.41) is 18.3. The minimum absolute atomic E-state index is 0.308. The molecule has 2 N–H and O–H groups in total. The number of rotatable bonds is 9. The zero-order valence-corrected chi connectivity index (χ0v) is 10.6. The first kappa shape index (κ1) is 14.9. The van der Waals surface area contributed by atoms with Gasteiger partial charge < -0.3 is 10.2 Å². The van der Waals surface area contributed by atoms with Crippen LogP contribution in [0, 0.1) is 17.8 Å². The molecule has 0 fully saturated rings. The van der Waals surface area contributed by atoms with Crippen molar-refractivity contribution in [3.05, 3.63) is 0 Å². The van der Waals surface area contributed by atoms with Gasteiger partial charge in [0.15, 0.2) is 0 Å². The Balaban J connectivity index is 4.00. The van der Waals surface area contributed by atoms with E-state index >= 15 is 0 Å². The van der Waals surface area contributed by atoms with Gasteiger partial charge in [-0.15, -0.1) is 0 Å². The Bertz CT molecular complexity index is 114. The Labute approximate surface area is 94.7 Å². The summed E-state index contributed by atoms with van der Waals surface area (Å²) in [7, 11) is 0. The first-order valence-corrected chi connectivity index (χ1v) is 6.43. The Hall–Kier alpha value is -0.0800. The topological polar surface area (TPSA) is 40.5 Å². The molecule has 0 radical (unpaired) electrons. The fourth-order valence-electron chi connectivity index (χ4n) is 2.11. The molecule has 2 unspecified atom stereocenters. The van der Waals surface area contributed by atoms with Crippen LogP contribution in [-0.2, 0) is 0 Å². The molecule has 0 spiro atoms. The van der Waals surface area contributed by atoms with Crippen LogP contribution in [0.4, 0.5) is 0 Å². The summed E-state index contributed by atoms with van der Waals surface area (Å²) in [4.78, 5) is 0. The number of hydrogen-bond acceptors (Lipinski definition) is 2. The highest BCUT2D eigenvalue weighted by Gasteiger charge is 2.17. The van der Waals surface area contributed by atoms with Gasteiger partial charge in [-0.2, -0.15) is 0 Å². The van der Waals surface area contributed by atoms with E-state index in [0.29, 0.717) is 31.0 Å². The van der Waals surface area contributed by atoms with Crippen LogP contribution in [0.1, 0.15) is 52.9 Å². The summed E-state index contributed by atoms with van der Waals surface area (Å²) in [5.74, 6) is 1.57. The molecular weight excluding hydrogens is 188 g/mol. The van der Waals surface area contributed by atoms with E-state index in [-0.39, 0.29) is 0 Å². The van der Waals surface area contributed by atoms with Crippen molar-refractivity contribution in [1.29, 1.82) is 0 Å². The summed E-state index contributed by atoms with van der Waals surface area (Å²) in [6.07, 6.45) is 5.50. The standard InChI is InChI=1S/C13H28O2/c1-4-11(7-12(5-2)9-14)8-13(6-3)10-15/h11-15H,4-10H2,1-3H3. The Morgan fingerprint density at radius 1 is 0.667 bits per heavy atom. The Morgan fingerprint density at radius 2 is 1.00 bits per heavy atom. The van der Waals surface area contributed by atoms with Crippen molar-refractivity contribution in [2.45, 2.75) is 52.9 Å². The molecule has 2 nitrogen and oxygen atoms in total. The summed E-state index contributed by atoms with van der Waals surface area (Å²) in [6.45, 7) is 7.10. The molecule has 0 rings (SSSR count). The molecule has 0 amide bonds. The second-order valence-electron chi connectivity index (χ2n) is 4.66. The van der Waals surface area contributed by atoms with E-state index in [1.165, 1.54) is 0 Å². The summed E-state index contributed by atoms with van der Waals surface area (Å²) in [6, 6.07) is 0. The molecule has 0 bridgehead atoms. The van der Waals surface area contributed by atoms with Crippen LogP contribution in [0.15, 0.2) is 0 Å². The lowest BCUT2D eigenvalue weighted by molar-refractivity contribution is 0.161. The molecule has 0 heterocycles. The van der Waals surface area contributed by atoms with Crippen molar-refractivity contribution in [3.63, 3.8) is 0 Å². The molecule has 15 heavy (non-hydrogen) atoms. The zero-order valence-electron chi connectivity index (χ0n) is 10.6. The molecule has 0 aliphatic carbocycles. The molecule has 2 heteroatoms. The molecule has 0 aliphatic heterocycles. The Kier molecular flexibility index (Phi) is 9.12. The first-order valence-electron chi connectivity index (χ1n) is 6.43. The Morgan fingerprint density at radius 3 is 1.20 bits per heavy atom. The quantitative estimate of drug-likeness (QED) is 0.622. The summed E-state index contributed by atoms with van der Waals surface area (Å²) < 4.78 is 0. The van der Waals surface area contributed by atoms with Gasteiger partial charge in [-0.1, -0.05) is 40.0 Å². The van der Waals surface area contributed by atoms with Gasteiger partial charge in [-0.05, 0) is 30.6 Å². The highest BCUT2D eigenvalue weighted by atomic mass is 16.3. The van der Waals surface area contributed by atoms with Crippen LogP contribution in [-0.4, -0.2) is 23.4 Å². The maximum Gasteiger partial charge on any atom is 0.0459 e. The van der Waals surface area contributed by atoms with Crippen LogP contribution < -0.4 is 0 Å². The predicted octanol–water partition coefficient (Wildman–Crippen LogP) is 2.83. The number of hydrogen-bond donors (Lipinski definition) is 2. The molecule has 0 aliphatic rings. The van der Waals surface area contributed by atoms with E-state index in [0.717, 1.165) is 32.1 Å². The molecule has 0 saturated carbocycles. The third-order valence-electron chi connectivity index (χ3n) is 3.58. The minimum Gasteiger partial charge on any atom is -0.396 e. The maximum atomic E-state index is 9.17. The average Bonchev–Trinajstić information content (AvgIpc) is 2.30. The highest BCUT2D eigenvalue weighted by molar-refractivity contribution is 4.68. The van der Waals surface area contributed by atoms with Gasteiger partial charge in [0.05, 0.1) is 0 Å². The summed E-state index contributed by atoms with van der Waals surface area (Å²) in [5.41, 5.74) is 0. The zero-order chi connectivity index (χ0) is 11.7. The lowest BCUT2D eigenvalue weighted by Gasteiger charge is -2.23.